The number of azide groups is 2. The molecule has 1 aliphatic heterocycles. The Hall–Kier alpha value is -5.08. The largest absolute Gasteiger partial charge is 0.442 e. The Balaban J connectivity index is 1.28. The van der Waals surface area contributed by atoms with Gasteiger partial charge in [-0.15, -0.1) is 0 Å². The molecule has 2 amide bonds. The number of nitrogens with zero attached hydrogens (tertiary/aromatic N) is 10. The quantitative estimate of drug-likeness (QED) is 0.240. The molecule has 3 aliphatic rings. The van der Waals surface area contributed by atoms with Crippen molar-refractivity contribution in [2.75, 3.05) is 13.1 Å². The van der Waals surface area contributed by atoms with Gasteiger partial charge < -0.3 is 9.64 Å². The number of carbonyl (C=O) groups excluding carboxylic acids is 2. The lowest BCUT2D eigenvalue weighted by atomic mass is 9.86. The summed E-state index contributed by atoms with van der Waals surface area (Å²) in [6, 6.07) is 13.1. The minimum atomic E-state index is -1.30. The SMILES string of the molecule is CC(CN=[N+]=[N-])(CN=[N+]=[N-])OC(=O)N1C=C2CC(N(C(=O)c3ccc(-c4cccnc4C#N)cc3)C3CC3)CCC2N1. The fraction of sp³-hybridized carbons (Fsp3) is 0.429. The summed E-state index contributed by atoms with van der Waals surface area (Å²) in [6.07, 6.45) is 6.58. The molecule has 42 heavy (non-hydrogen) atoms. The van der Waals surface area contributed by atoms with Gasteiger partial charge >= 0.3 is 6.09 Å². The van der Waals surface area contributed by atoms with E-state index in [-0.39, 0.29) is 37.1 Å². The van der Waals surface area contributed by atoms with E-state index in [2.05, 4.69) is 36.5 Å². The zero-order chi connectivity index (χ0) is 29.7. The number of ether oxygens (including phenoxy) is 1. The third-order valence-corrected chi connectivity index (χ3v) is 7.69. The van der Waals surface area contributed by atoms with E-state index in [1.165, 1.54) is 11.9 Å². The van der Waals surface area contributed by atoms with Gasteiger partial charge in [-0.3, -0.25) is 4.79 Å². The molecule has 0 spiro atoms. The average Bonchev–Trinajstić information content (AvgIpc) is 3.75. The third-order valence-electron chi connectivity index (χ3n) is 7.69. The summed E-state index contributed by atoms with van der Waals surface area (Å²) < 4.78 is 5.57. The zero-order valence-corrected chi connectivity index (χ0v) is 23.0. The summed E-state index contributed by atoms with van der Waals surface area (Å²) in [5.74, 6) is -0.0334. The molecule has 0 radical (unpaired) electrons. The number of fused-ring (bicyclic) bond motifs is 1. The molecular formula is C28H29N11O3. The van der Waals surface area contributed by atoms with Gasteiger partial charge in [0.1, 0.15) is 17.4 Å². The molecule has 5 rings (SSSR count). The van der Waals surface area contributed by atoms with E-state index in [0.29, 0.717) is 17.7 Å². The Morgan fingerprint density at radius 1 is 1.14 bits per heavy atom. The molecule has 2 unspecified atom stereocenters. The van der Waals surface area contributed by atoms with Crippen LogP contribution in [0, 0.1) is 11.3 Å². The molecule has 214 valence electrons. The van der Waals surface area contributed by atoms with E-state index in [1.54, 1.807) is 30.6 Å². The van der Waals surface area contributed by atoms with Crippen LogP contribution in [-0.4, -0.2) is 63.7 Å². The lowest BCUT2D eigenvalue weighted by Crippen LogP contribution is -2.48. The van der Waals surface area contributed by atoms with Crippen molar-refractivity contribution in [3.63, 3.8) is 0 Å². The van der Waals surface area contributed by atoms with Gasteiger partial charge in [0.05, 0.1) is 13.1 Å². The van der Waals surface area contributed by atoms with Gasteiger partial charge in [0.2, 0.25) is 0 Å². The number of carbonyl (C=O) groups is 2. The van der Waals surface area contributed by atoms with E-state index in [0.717, 1.165) is 42.4 Å². The number of aromatic nitrogens is 1. The first kappa shape index (κ1) is 28.4. The fourth-order valence-corrected chi connectivity index (χ4v) is 5.45. The van der Waals surface area contributed by atoms with Crippen LogP contribution >= 0.6 is 0 Å². The number of amides is 2. The maximum Gasteiger partial charge on any atom is 0.429 e. The van der Waals surface area contributed by atoms with Gasteiger partial charge in [0, 0.05) is 51.5 Å². The Kier molecular flexibility index (Phi) is 8.26. The summed E-state index contributed by atoms with van der Waals surface area (Å²) in [4.78, 5) is 38.3. The standard InChI is InChI=1S/C28H29N11O3/c1-28(16-33-36-30,17-34-37-31)42-27(41)38-15-20-13-22(10-11-24(20)35-38)39(21-8-9-21)26(40)19-6-4-18(5-7-19)23-3-2-12-32-25(23)14-29/h2-7,12,15,21-22,24,35H,8-11,13,16-17H2,1H3. The van der Waals surface area contributed by atoms with E-state index in [9.17, 15) is 14.9 Å². The minimum Gasteiger partial charge on any atom is -0.442 e. The van der Waals surface area contributed by atoms with Crippen molar-refractivity contribution in [3.05, 3.63) is 86.5 Å². The lowest BCUT2D eigenvalue weighted by Gasteiger charge is -2.37. The van der Waals surface area contributed by atoms with Gasteiger partial charge in [-0.2, -0.15) is 5.26 Å². The van der Waals surface area contributed by atoms with E-state index in [1.807, 2.05) is 23.1 Å². The van der Waals surface area contributed by atoms with E-state index in [4.69, 9.17) is 15.8 Å². The first-order valence-corrected chi connectivity index (χ1v) is 13.6. The predicted octanol–water partition coefficient (Wildman–Crippen LogP) is 5.37. The van der Waals surface area contributed by atoms with Gasteiger partial charge in [-0.25, -0.2) is 20.2 Å². The average molecular weight is 568 g/mol. The van der Waals surface area contributed by atoms with Crippen LogP contribution < -0.4 is 5.43 Å². The number of nitrogens with one attached hydrogen (secondary N) is 1. The molecule has 2 aromatic rings. The number of rotatable bonds is 9. The maximum atomic E-state index is 13.8. The molecule has 2 saturated carbocycles. The molecular weight excluding hydrogens is 538 g/mol. The number of hydrazine groups is 1. The molecule has 2 aliphatic carbocycles. The second-order valence-corrected chi connectivity index (χ2v) is 10.8. The molecule has 14 nitrogen and oxygen atoms in total. The highest BCUT2D eigenvalue weighted by Gasteiger charge is 2.43. The van der Waals surface area contributed by atoms with Crippen molar-refractivity contribution in [2.24, 2.45) is 10.2 Å². The Morgan fingerprint density at radius 3 is 2.48 bits per heavy atom. The normalized spacial score (nSPS) is 20.5. The van der Waals surface area contributed by atoms with E-state index < -0.39 is 11.7 Å². The van der Waals surface area contributed by atoms with Crippen LogP contribution in [0.3, 0.4) is 0 Å². The highest BCUT2D eigenvalue weighted by atomic mass is 16.6. The summed E-state index contributed by atoms with van der Waals surface area (Å²) in [6.45, 7) is 1.15. The summed E-state index contributed by atoms with van der Waals surface area (Å²) in [5.41, 5.74) is 22.7. The third kappa shape index (κ3) is 6.14. The monoisotopic (exact) mass is 567 g/mol. The van der Waals surface area contributed by atoms with Crippen LogP contribution in [0.15, 0.2) is 64.6 Å². The molecule has 1 aromatic carbocycles. The summed E-state index contributed by atoms with van der Waals surface area (Å²) in [5, 5.41) is 17.6. The Labute approximate surface area is 241 Å². The van der Waals surface area contributed by atoms with Crippen molar-refractivity contribution in [1.82, 2.24) is 20.3 Å². The van der Waals surface area contributed by atoms with Gasteiger partial charge in [0.25, 0.3) is 5.91 Å². The molecule has 0 saturated heterocycles. The molecule has 2 fully saturated rings. The van der Waals surface area contributed by atoms with Crippen LogP contribution in [0.25, 0.3) is 32.0 Å². The maximum absolute atomic E-state index is 13.8. The van der Waals surface area contributed by atoms with Crippen molar-refractivity contribution in [1.29, 1.82) is 5.26 Å². The first-order chi connectivity index (χ1) is 20.4. The topological polar surface area (TPSA) is 196 Å². The molecule has 2 heterocycles. The number of hydrogen-bond acceptors (Lipinski definition) is 8. The Morgan fingerprint density at radius 2 is 1.83 bits per heavy atom. The predicted molar refractivity (Wildman–Crippen MR) is 151 cm³/mol. The smallest absolute Gasteiger partial charge is 0.429 e. The van der Waals surface area contributed by atoms with Crippen molar-refractivity contribution >= 4 is 12.0 Å². The van der Waals surface area contributed by atoms with Crippen LogP contribution in [0.2, 0.25) is 0 Å². The summed E-state index contributed by atoms with van der Waals surface area (Å²) >= 11 is 0. The molecule has 2 atom stereocenters. The number of benzene rings is 1. The number of nitriles is 1. The van der Waals surface area contributed by atoms with Crippen LogP contribution in [-0.2, 0) is 4.74 Å². The first-order valence-electron chi connectivity index (χ1n) is 13.6. The van der Waals surface area contributed by atoms with Crippen LogP contribution in [0.5, 0.6) is 0 Å². The van der Waals surface area contributed by atoms with Crippen molar-refractivity contribution < 1.29 is 14.3 Å². The van der Waals surface area contributed by atoms with Gasteiger partial charge in [-0.05, 0) is 85.5 Å². The second kappa shape index (κ2) is 12.2. The van der Waals surface area contributed by atoms with Crippen molar-refractivity contribution in [2.45, 2.75) is 62.8 Å². The highest BCUT2D eigenvalue weighted by Crippen LogP contribution is 2.38. The fourth-order valence-electron chi connectivity index (χ4n) is 5.45. The Bertz CT molecular complexity index is 1510. The second-order valence-electron chi connectivity index (χ2n) is 10.8. The van der Waals surface area contributed by atoms with Crippen LogP contribution in [0.1, 0.15) is 55.1 Å². The van der Waals surface area contributed by atoms with Crippen LogP contribution in [0.4, 0.5) is 4.79 Å². The van der Waals surface area contributed by atoms with E-state index >= 15 is 0 Å². The van der Waals surface area contributed by atoms with Gasteiger partial charge in [-0.1, -0.05) is 22.4 Å². The van der Waals surface area contributed by atoms with Gasteiger partial charge in [0.15, 0.2) is 0 Å². The number of pyridine rings is 1. The molecule has 1 aromatic heterocycles. The zero-order valence-electron chi connectivity index (χ0n) is 23.0. The highest BCUT2D eigenvalue weighted by molar-refractivity contribution is 5.95. The lowest BCUT2D eigenvalue weighted by molar-refractivity contribution is 0.0136. The minimum absolute atomic E-state index is 0.0198. The molecule has 14 heteroatoms. The summed E-state index contributed by atoms with van der Waals surface area (Å²) in [7, 11) is 0. The molecule has 0 bridgehead atoms. The molecule has 1 N–H and O–H groups in total. The van der Waals surface area contributed by atoms with Crippen molar-refractivity contribution in [3.8, 4) is 17.2 Å². The number of hydrogen-bond donors (Lipinski definition) is 1.